The van der Waals surface area contributed by atoms with Gasteiger partial charge in [0.15, 0.2) is 0 Å². The average Bonchev–Trinajstić information content (AvgIpc) is 2.39. The monoisotopic (exact) mass is 305 g/mol. The van der Waals surface area contributed by atoms with E-state index in [-0.39, 0.29) is 5.91 Å². The summed E-state index contributed by atoms with van der Waals surface area (Å²) >= 11 is 3.42. The lowest BCUT2D eigenvalue weighted by Crippen LogP contribution is -2.09. The van der Waals surface area contributed by atoms with Gasteiger partial charge in [-0.15, -0.1) is 0 Å². The van der Waals surface area contributed by atoms with Gasteiger partial charge in [-0.2, -0.15) is 0 Å². The third-order valence-electron chi connectivity index (χ3n) is 2.60. The van der Waals surface area contributed by atoms with E-state index in [1.54, 1.807) is 7.11 Å². The van der Waals surface area contributed by atoms with Crippen molar-refractivity contribution in [2.45, 2.75) is 0 Å². The summed E-state index contributed by atoms with van der Waals surface area (Å²) in [6.07, 6.45) is 1.23. The molecule has 0 bridgehead atoms. The van der Waals surface area contributed by atoms with E-state index in [1.807, 2.05) is 30.3 Å². The minimum atomic E-state index is -0.263. The van der Waals surface area contributed by atoms with Gasteiger partial charge in [0, 0.05) is 9.86 Å². The molecule has 0 unspecified atom stereocenters. The molecule has 0 radical (unpaired) electrons. The molecule has 0 aromatic heterocycles. The van der Waals surface area contributed by atoms with Crippen LogP contribution < -0.4 is 10.1 Å². The molecule has 1 amide bonds. The normalized spacial score (nSPS) is 10.1. The number of anilines is 1. The van der Waals surface area contributed by atoms with E-state index in [9.17, 15) is 4.79 Å². The second-order valence-corrected chi connectivity index (χ2v) is 4.62. The van der Waals surface area contributed by atoms with Gasteiger partial charge >= 0.3 is 0 Å². The summed E-state index contributed by atoms with van der Waals surface area (Å²) in [4.78, 5) is 11.5. The van der Waals surface area contributed by atoms with Crippen LogP contribution >= 0.6 is 15.9 Å². The first kappa shape index (κ1) is 12.6. The second-order valence-electron chi connectivity index (χ2n) is 3.70. The van der Waals surface area contributed by atoms with Crippen LogP contribution in [0.5, 0.6) is 5.75 Å². The standard InChI is InChI=1S/C14H12BrNO2/c1-3-13(17)16-14-11-8-10(15)6-4-9(11)5-7-12(14)18-2/h3-8H,1H2,2H3,(H,16,17). The van der Waals surface area contributed by atoms with Crippen LogP contribution in [0.1, 0.15) is 0 Å². The van der Waals surface area contributed by atoms with Gasteiger partial charge < -0.3 is 10.1 Å². The quantitative estimate of drug-likeness (QED) is 0.877. The van der Waals surface area contributed by atoms with Crippen LogP contribution in [0.25, 0.3) is 10.8 Å². The Balaban J connectivity index is 2.67. The maximum absolute atomic E-state index is 11.5. The zero-order chi connectivity index (χ0) is 13.1. The highest BCUT2D eigenvalue weighted by molar-refractivity contribution is 9.10. The topological polar surface area (TPSA) is 38.3 Å². The highest BCUT2D eigenvalue weighted by Crippen LogP contribution is 2.34. The van der Waals surface area contributed by atoms with Crippen LogP contribution in [0.15, 0.2) is 47.5 Å². The molecule has 0 aliphatic heterocycles. The molecule has 92 valence electrons. The molecule has 4 heteroatoms. The molecule has 2 rings (SSSR count). The molecular weight excluding hydrogens is 294 g/mol. The predicted molar refractivity (Wildman–Crippen MR) is 77.0 cm³/mol. The Morgan fingerprint density at radius 1 is 1.39 bits per heavy atom. The van der Waals surface area contributed by atoms with Crippen LogP contribution in [-0.4, -0.2) is 13.0 Å². The maximum Gasteiger partial charge on any atom is 0.247 e. The predicted octanol–water partition coefficient (Wildman–Crippen LogP) is 3.74. The summed E-state index contributed by atoms with van der Waals surface area (Å²) in [5.41, 5.74) is 0.654. The van der Waals surface area contributed by atoms with Crippen molar-refractivity contribution in [1.29, 1.82) is 0 Å². The SMILES string of the molecule is C=CC(=O)Nc1c(OC)ccc2ccc(Br)cc12. The van der Waals surface area contributed by atoms with Crippen LogP contribution in [0, 0.1) is 0 Å². The highest BCUT2D eigenvalue weighted by Gasteiger charge is 2.10. The van der Waals surface area contributed by atoms with Crippen molar-refractivity contribution < 1.29 is 9.53 Å². The maximum atomic E-state index is 11.5. The molecular formula is C14H12BrNO2. The summed E-state index contributed by atoms with van der Waals surface area (Å²) in [5.74, 6) is 0.358. The molecule has 0 spiro atoms. The first-order chi connectivity index (χ1) is 8.65. The zero-order valence-corrected chi connectivity index (χ0v) is 11.5. The van der Waals surface area contributed by atoms with Crippen molar-refractivity contribution in [3.8, 4) is 5.75 Å². The second kappa shape index (κ2) is 5.23. The Hall–Kier alpha value is -1.81. The molecule has 0 aliphatic carbocycles. The lowest BCUT2D eigenvalue weighted by atomic mass is 10.1. The fourth-order valence-corrected chi connectivity index (χ4v) is 2.11. The number of hydrogen-bond donors (Lipinski definition) is 1. The van der Waals surface area contributed by atoms with Crippen LogP contribution in [0.3, 0.4) is 0 Å². The number of nitrogens with one attached hydrogen (secondary N) is 1. The zero-order valence-electron chi connectivity index (χ0n) is 9.87. The number of carbonyl (C=O) groups excluding carboxylic acids is 1. The van der Waals surface area contributed by atoms with Crippen molar-refractivity contribution in [2.24, 2.45) is 0 Å². The number of benzene rings is 2. The first-order valence-corrected chi connectivity index (χ1v) is 6.14. The van der Waals surface area contributed by atoms with Gasteiger partial charge in [-0.25, -0.2) is 0 Å². The van der Waals surface area contributed by atoms with Crippen LogP contribution in [-0.2, 0) is 4.79 Å². The molecule has 3 nitrogen and oxygen atoms in total. The van der Waals surface area contributed by atoms with Gasteiger partial charge in [-0.05, 0) is 29.7 Å². The van der Waals surface area contributed by atoms with Crippen molar-refractivity contribution in [1.82, 2.24) is 0 Å². The Morgan fingerprint density at radius 3 is 2.78 bits per heavy atom. The van der Waals surface area contributed by atoms with Crippen molar-refractivity contribution in [3.05, 3.63) is 47.5 Å². The van der Waals surface area contributed by atoms with E-state index >= 15 is 0 Å². The molecule has 0 saturated carbocycles. The molecule has 0 aliphatic rings. The van der Waals surface area contributed by atoms with E-state index in [0.29, 0.717) is 11.4 Å². The first-order valence-electron chi connectivity index (χ1n) is 5.35. The van der Waals surface area contributed by atoms with E-state index in [4.69, 9.17) is 4.74 Å². The number of carbonyl (C=O) groups is 1. The summed E-state index contributed by atoms with van der Waals surface area (Å²) in [6, 6.07) is 9.64. The van der Waals surface area contributed by atoms with Crippen molar-refractivity contribution in [2.75, 3.05) is 12.4 Å². The third kappa shape index (κ3) is 2.38. The number of hydrogen-bond acceptors (Lipinski definition) is 2. The number of ether oxygens (including phenoxy) is 1. The summed E-state index contributed by atoms with van der Waals surface area (Å²) < 4.78 is 6.22. The fourth-order valence-electron chi connectivity index (χ4n) is 1.75. The van der Waals surface area contributed by atoms with Gasteiger partial charge in [0.2, 0.25) is 5.91 Å². The Morgan fingerprint density at radius 2 is 2.11 bits per heavy atom. The fraction of sp³-hybridized carbons (Fsp3) is 0.0714. The third-order valence-corrected chi connectivity index (χ3v) is 3.09. The molecule has 0 saturated heterocycles. The van der Waals surface area contributed by atoms with E-state index in [2.05, 4.69) is 27.8 Å². The minimum absolute atomic E-state index is 0.263. The molecule has 2 aromatic rings. The molecule has 18 heavy (non-hydrogen) atoms. The molecule has 2 aromatic carbocycles. The smallest absolute Gasteiger partial charge is 0.247 e. The minimum Gasteiger partial charge on any atom is -0.495 e. The van der Waals surface area contributed by atoms with Crippen LogP contribution in [0.4, 0.5) is 5.69 Å². The lowest BCUT2D eigenvalue weighted by Gasteiger charge is -2.12. The van der Waals surface area contributed by atoms with E-state index < -0.39 is 0 Å². The molecule has 1 N–H and O–H groups in total. The van der Waals surface area contributed by atoms with Gasteiger partial charge in [-0.1, -0.05) is 34.6 Å². The van der Waals surface area contributed by atoms with Crippen LogP contribution in [0.2, 0.25) is 0 Å². The van der Waals surface area contributed by atoms with Gasteiger partial charge in [0.05, 0.1) is 12.8 Å². The van der Waals surface area contributed by atoms with Gasteiger partial charge in [-0.3, -0.25) is 4.79 Å². The van der Waals surface area contributed by atoms with E-state index in [1.165, 1.54) is 6.08 Å². The molecule has 0 atom stereocenters. The summed E-state index contributed by atoms with van der Waals surface area (Å²) in [5, 5.41) is 4.72. The van der Waals surface area contributed by atoms with Crippen molar-refractivity contribution in [3.63, 3.8) is 0 Å². The summed E-state index contributed by atoms with van der Waals surface area (Å²) in [7, 11) is 1.57. The highest BCUT2D eigenvalue weighted by atomic mass is 79.9. The molecule has 0 heterocycles. The number of fused-ring (bicyclic) bond motifs is 1. The number of rotatable bonds is 3. The van der Waals surface area contributed by atoms with Gasteiger partial charge in [0.25, 0.3) is 0 Å². The number of halogens is 1. The Kier molecular flexibility index (Phi) is 3.67. The number of amides is 1. The van der Waals surface area contributed by atoms with E-state index in [0.717, 1.165) is 15.2 Å². The van der Waals surface area contributed by atoms with Crippen molar-refractivity contribution >= 4 is 38.3 Å². The summed E-state index contributed by atoms with van der Waals surface area (Å²) in [6.45, 7) is 3.45. The Bertz CT molecular complexity index is 622. The molecule has 0 fully saturated rings. The average molecular weight is 306 g/mol. The van der Waals surface area contributed by atoms with Gasteiger partial charge in [0.1, 0.15) is 5.75 Å². The largest absolute Gasteiger partial charge is 0.495 e. The Labute approximate surface area is 114 Å². The number of methoxy groups -OCH3 is 1. The lowest BCUT2D eigenvalue weighted by molar-refractivity contribution is -0.111.